The van der Waals surface area contributed by atoms with Gasteiger partial charge in [-0.1, -0.05) is 24.3 Å². The average Bonchev–Trinajstić information content (AvgIpc) is 3.49. The van der Waals surface area contributed by atoms with E-state index in [0.29, 0.717) is 17.9 Å². The van der Waals surface area contributed by atoms with Crippen molar-refractivity contribution in [3.8, 4) is 0 Å². The molecule has 0 aromatic heterocycles. The van der Waals surface area contributed by atoms with E-state index in [1.54, 1.807) is 11.1 Å². The first kappa shape index (κ1) is 21.4. The molecule has 170 valence electrons. The summed E-state index contributed by atoms with van der Waals surface area (Å²) in [7, 11) is 0. The second-order valence-corrected chi connectivity index (χ2v) is 10.1. The number of nitrogens with zero attached hydrogens (tertiary/aromatic N) is 2. The lowest BCUT2D eigenvalue weighted by Crippen LogP contribution is -2.48. The second-order valence-electron chi connectivity index (χ2n) is 10.1. The number of carbonyl (C=O) groups excluding carboxylic acids is 1. The molecule has 1 aliphatic carbocycles. The Morgan fingerprint density at radius 3 is 2.29 bits per heavy atom. The molecule has 3 heterocycles. The maximum atomic E-state index is 13.4. The summed E-state index contributed by atoms with van der Waals surface area (Å²) >= 11 is 0. The number of carbonyl (C=O) groups is 1. The van der Waals surface area contributed by atoms with Gasteiger partial charge in [-0.25, -0.2) is 0 Å². The number of hydrogen-bond donors (Lipinski definition) is 0. The van der Waals surface area contributed by atoms with Crippen LogP contribution in [0.2, 0.25) is 0 Å². The van der Waals surface area contributed by atoms with Crippen LogP contribution in [0.4, 0.5) is 0 Å². The smallest absolute Gasteiger partial charge is 0.225 e. The number of benzene rings is 1. The normalized spacial score (nSPS) is 26.3. The molecule has 1 aromatic rings. The minimum atomic E-state index is 0.146. The lowest BCUT2D eigenvalue weighted by Gasteiger charge is -2.39. The van der Waals surface area contributed by atoms with Gasteiger partial charge in [-0.3, -0.25) is 9.69 Å². The molecule has 0 bridgehead atoms. The predicted molar refractivity (Wildman–Crippen MR) is 121 cm³/mol. The Bertz CT molecular complexity index is 709. The minimum absolute atomic E-state index is 0.146. The van der Waals surface area contributed by atoms with Crippen LogP contribution in [0.15, 0.2) is 24.3 Å². The van der Waals surface area contributed by atoms with Crippen LogP contribution in [0.25, 0.3) is 0 Å². The zero-order valence-corrected chi connectivity index (χ0v) is 18.8. The van der Waals surface area contributed by atoms with Gasteiger partial charge in [0, 0.05) is 44.9 Å². The van der Waals surface area contributed by atoms with Crippen molar-refractivity contribution in [2.45, 2.75) is 63.5 Å². The first-order valence-corrected chi connectivity index (χ1v) is 12.5. The second kappa shape index (κ2) is 10.0. The highest BCUT2D eigenvalue weighted by Gasteiger charge is 2.33. The number of ether oxygens (including phenoxy) is 2. The van der Waals surface area contributed by atoms with Crippen molar-refractivity contribution in [3.63, 3.8) is 0 Å². The van der Waals surface area contributed by atoms with Crippen molar-refractivity contribution in [1.29, 1.82) is 0 Å². The van der Waals surface area contributed by atoms with Gasteiger partial charge in [-0.15, -0.1) is 0 Å². The lowest BCUT2D eigenvalue weighted by molar-refractivity contribution is -0.141. The summed E-state index contributed by atoms with van der Waals surface area (Å²) in [6, 6.07) is 9.61. The molecule has 5 heteroatoms. The maximum Gasteiger partial charge on any atom is 0.225 e. The van der Waals surface area contributed by atoms with Gasteiger partial charge in [0.05, 0.1) is 6.10 Å². The predicted octanol–water partition coefficient (Wildman–Crippen LogP) is 3.30. The van der Waals surface area contributed by atoms with Gasteiger partial charge in [0.15, 0.2) is 0 Å². The van der Waals surface area contributed by atoms with Gasteiger partial charge in [0.1, 0.15) is 0 Å². The molecule has 0 saturated carbocycles. The molecule has 0 N–H and O–H groups in total. The van der Waals surface area contributed by atoms with E-state index in [0.717, 1.165) is 58.6 Å². The standard InChI is InChI=1S/C26H38N2O3/c29-26(21-9-14-30-15-10-21)28(19-25-6-3-13-31-25)18-20-7-11-27(12-8-20)24-16-22-4-1-2-5-23(22)17-24/h1-2,4-5,20-21,24-25H,3,6-19H2/t25-/m1/s1. The van der Waals surface area contributed by atoms with Crippen LogP contribution < -0.4 is 0 Å². The molecule has 1 atom stereocenters. The average molecular weight is 427 g/mol. The van der Waals surface area contributed by atoms with Gasteiger partial charge >= 0.3 is 0 Å². The fraction of sp³-hybridized carbons (Fsp3) is 0.731. The summed E-state index contributed by atoms with van der Waals surface area (Å²) in [6.07, 6.45) is 9.03. The van der Waals surface area contributed by atoms with E-state index in [1.165, 1.54) is 38.8 Å². The fourth-order valence-electron chi connectivity index (χ4n) is 6.10. The van der Waals surface area contributed by atoms with E-state index in [2.05, 4.69) is 34.1 Å². The summed E-state index contributed by atoms with van der Waals surface area (Å²) in [5, 5.41) is 0. The summed E-state index contributed by atoms with van der Waals surface area (Å²) < 4.78 is 11.4. The first-order valence-electron chi connectivity index (χ1n) is 12.5. The molecule has 3 fully saturated rings. The first-order chi connectivity index (χ1) is 15.3. The molecule has 0 unspecified atom stereocenters. The summed E-state index contributed by atoms with van der Waals surface area (Å²) in [5.74, 6) is 1.12. The van der Waals surface area contributed by atoms with Crippen molar-refractivity contribution >= 4 is 5.91 Å². The van der Waals surface area contributed by atoms with Crippen molar-refractivity contribution in [2.24, 2.45) is 11.8 Å². The van der Waals surface area contributed by atoms with E-state index in [4.69, 9.17) is 9.47 Å². The Balaban J connectivity index is 1.15. The molecule has 0 radical (unpaired) electrons. The summed E-state index contributed by atoms with van der Waals surface area (Å²) in [4.78, 5) is 18.3. The van der Waals surface area contributed by atoms with E-state index in [9.17, 15) is 4.79 Å². The Morgan fingerprint density at radius 1 is 0.935 bits per heavy atom. The quantitative estimate of drug-likeness (QED) is 0.700. The maximum absolute atomic E-state index is 13.4. The number of fused-ring (bicyclic) bond motifs is 1. The molecular formula is C26H38N2O3. The Hall–Kier alpha value is -1.43. The topological polar surface area (TPSA) is 42.0 Å². The molecule has 0 spiro atoms. The largest absolute Gasteiger partial charge is 0.381 e. The molecule has 1 aromatic carbocycles. The van der Waals surface area contributed by atoms with Crippen molar-refractivity contribution in [1.82, 2.24) is 9.80 Å². The Labute approximate surface area is 187 Å². The third-order valence-electron chi connectivity index (χ3n) is 8.00. The third-order valence-corrected chi connectivity index (χ3v) is 8.00. The highest BCUT2D eigenvalue weighted by Crippen LogP contribution is 2.30. The zero-order valence-electron chi connectivity index (χ0n) is 18.8. The molecule has 3 aliphatic heterocycles. The highest BCUT2D eigenvalue weighted by atomic mass is 16.5. The van der Waals surface area contributed by atoms with Crippen LogP contribution in [0.3, 0.4) is 0 Å². The van der Waals surface area contributed by atoms with Crippen LogP contribution >= 0.6 is 0 Å². The number of likely N-dealkylation sites (tertiary alicyclic amines) is 1. The highest BCUT2D eigenvalue weighted by molar-refractivity contribution is 5.79. The van der Waals surface area contributed by atoms with Gasteiger partial charge in [-0.05, 0) is 81.5 Å². The van der Waals surface area contributed by atoms with Crippen LogP contribution in [-0.4, -0.2) is 73.9 Å². The Morgan fingerprint density at radius 2 is 1.65 bits per heavy atom. The summed E-state index contributed by atoms with van der Waals surface area (Å²) in [6.45, 7) is 6.35. The SMILES string of the molecule is O=C(C1CCOCC1)N(CC1CCN(C2Cc3ccccc3C2)CC1)C[C@H]1CCCO1. The van der Waals surface area contributed by atoms with E-state index in [-0.39, 0.29) is 12.0 Å². The van der Waals surface area contributed by atoms with Crippen LogP contribution in [0.1, 0.15) is 49.7 Å². The molecule has 31 heavy (non-hydrogen) atoms. The molecule has 1 amide bonds. The third kappa shape index (κ3) is 5.15. The lowest BCUT2D eigenvalue weighted by atomic mass is 9.92. The number of rotatable bonds is 6. The van der Waals surface area contributed by atoms with E-state index in [1.807, 2.05) is 0 Å². The molecule has 4 aliphatic rings. The summed E-state index contributed by atoms with van der Waals surface area (Å²) in [5.41, 5.74) is 3.08. The van der Waals surface area contributed by atoms with Crippen LogP contribution in [-0.2, 0) is 27.1 Å². The minimum Gasteiger partial charge on any atom is -0.381 e. The van der Waals surface area contributed by atoms with Gasteiger partial charge in [0.25, 0.3) is 0 Å². The van der Waals surface area contributed by atoms with Crippen molar-refractivity contribution < 1.29 is 14.3 Å². The van der Waals surface area contributed by atoms with Gasteiger partial charge in [0.2, 0.25) is 5.91 Å². The van der Waals surface area contributed by atoms with Crippen molar-refractivity contribution in [3.05, 3.63) is 35.4 Å². The molecule has 3 saturated heterocycles. The fourth-order valence-corrected chi connectivity index (χ4v) is 6.10. The number of hydrogen-bond acceptors (Lipinski definition) is 4. The number of amides is 1. The zero-order chi connectivity index (χ0) is 21.0. The van der Waals surface area contributed by atoms with E-state index >= 15 is 0 Å². The molecule has 5 nitrogen and oxygen atoms in total. The monoisotopic (exact) mass is 426 g/mol. The Kier molecular flexibility index (Phi) is 6.92. The van der Waals surface area contributed by atoms with Gasteiger partial charge < -0.3 is 14.4 Å². The molecule has 5 rings (SSSR count). The van der Waals surface area contributed by atoms with E-state index < -0.39 is 0 Å². The van der Waals surface area contributed by atoms with Crippen LogP contribution in [0, 0.1) is 11.8 Å². The number of piperidine rings is 1. The van der Waals surface area contributed by atoms with Crippen molar-refractivity contribution in [2.75, 3.05) is 46.0 Å². The van der Waals surface area contributed by atoms with Crippen LogP contribution in [0.5, 0.6) is 0 Å². The van der Waals surface area contributed by atoms with Gasteiger partial charge in [-0.2, -0.15) is 0 Å². The molecular weight excluding hydrogens is 388 g/mol.